The number of oxazole rings is 1. The summed E-state index contributed by atoms with van der Waals surface area (Å²) >= 11 is 0. The summed E-state index contributed by atoms with van der Waals surface area (Å²) in [5, 5.41) is 0. The van der Waals surface area contributed by atoms with Gasteiger partial charge in [0.05, 0.1) is 12.2 Å². The van der Waals surface area contributed by atoms with Gasteiger partial charge in [0.2, 0.25) is 5.91 Å². The quantitative estimate of drug-likeness (QED) is 0.918. The molecule has 0 saturated heterocycles. The number of rotatable bonds is 3. The molecule has 0 spiro atoms. The number of hydrogen-bond acceptors (Lipinski definition) is 4. The first-order valence-electron chi connectivity index (χ1n) is 6.70. The van der Waals surface area contributed by atoms with Gasteiger partial charge in [-0.1, -0.05) is 18.2 Å². The Labute approximate surface area is 117 Å². The smallest absolute Gasteiger partial charge is 0.244 e. The van der Waals surface area contributed by atoms with E-state index in [-0.39, 0.29) is 11.9 Å². The Balaban J connectivity index is 1.80. The zero-order valence-electron chi connectivity index (χ0n) is 11.3. The molecule has 0 radical (unpaired) electrons. The van der Waals surface area contributed by atoms with Gasteiger partial charge >= 0.3 is 0 Å². The van der Waals surface area contributed by atoms with Crippen LogP contribution in [0.5, 0.6) is 0 Å². The minimum absolute atomic E-state index is 0.0705. The Morgan fingerprint density at radius 3 is 3.10 bits per heavy atom. The summed E-state index contributed by atoms with van der Waals surface area (Å²) in [7, 11) is 0. The van der Waals surface area contributed by atoms with Crippen molar-refractivity contribution in [2.24, 2.45) is 5.73 Å². The zero-order valence-corrected chi connectivity index (χ0v) is 11.3. The lowest BCUT2D eigenvalue weighted by Gasteiger charge is -2.25. The molecule has 2 aromatic rings. The molecule has 2 heterocycles. The van der Waals surface area contributed by atoms with E-state index in [0.717, 1.165) is 12.1 Å². The molecule has 0 bridgehead atoms. The number of amides is 1. The van der Waals surface area contributed by atoms with Crippen LogP contribution in [-0.4, -0.2) is 23.0 Å². The van der Waals surface area contributed by atoms with Gasteiger partial charge in [0.1, 0.15) is 5.76 Å². The van der Waals surface area contributed by atoms with Crippen molar-refractivity contribution in [2.75, 3.05) is 4.90 Å². The summed E-state index contributed by atoms with van der Waals surface area (Å²) in [6.45, 7) is 2.04. The molecule has 1 amide bonds. The molecule has 104 valence electrons. The first-order chi connectivity index (χ1) is 9.66. The van der Waals surface area contributed by atoms with Crippen molar-refractivity contribution in [1.29, 1.82) is 0 Å². The van der Waals surface area contributed by atoms with Crippen molar-refractivity contribution in [1.82, 2.24) is 4.98 Å². The molecule has 0 fully saturated rings. The highest BCUT2D eigenvalue weighted by molar-refractivity contribution is 5.99. The van der Waals surface area contributed by atoms with Crippen LogP contribution in [0.25, 0.3) is 0 Å². The second-order valence-electron chi connectivity index (χ2n) is 5.17. The van der Waals surface area contributed by atoms with Gasteiger partial charge in [-0.2, -0.15) is 0 Å². The van der Waals surface area contributed by atoms with E-state index in [9.17, 15) is 4.79 Å². The molecule has 1 aromatic carbocycles. The van der Waals surface area contributed by atoms with Crippen molar-refractivity contribution < 1.29 is 9.21 Å². The predicted molar refractivity (Wildman–Crippen MR) is 75.3 cm³/mol. The van der Waals surface area contributed by atoms with E-state index in [1.807, 2.05) is 25.1 Å². The van der Waals surface area contributed by atoms with Crippen molar-refractivity contribution in [2.45, 2.75) is 31.8 Å². The number of benzene rings is 1. The Bertz CT molecular complexity index is 609. The van der Waals surface area contributed by atoms with Gasteiger partial charge < -0.3 is 15.1 Å². The molecule has 1 aliphatic rings. The topological polar surface area (TPSA) is 72.4 Å². The fourth-order valence-corrected chi connectivity index (χ4v) is 2.73. The van der Waals surface area contributed by atoms with E-state index < -0.39 is 6.04 Å². The largest absolute Gasteiger partial charge is 0.448 e. The zero-order chi connectivity index (χ0) is 14.1. The second kappa shape index (κ2) is 5.09. The molecule has 5 nitrogen and oxygen atoms in total. The van der Waals surface area contributed by atoms with E-state index in [4.69, 9.17) is 10.2 Å². The molecule has 2 atom stereocenters. The van der Waals surface area contributed by atoms with Gasteiger partial charge in [-0.25, -0.2) is 4.98 Å². The summed E-state index contributed by atoms with van der Waals surface area (Å²) in [6, 6.07) is 7.49. The van der Waals surface area contributed by atoms with Crippen LogP contribution in [-0.2, 0) is 17.6 Å². The number of hydrogen-bond donors (Lipinski definition) is 1. The maximum atomic E-state index is 12.6. The monoisotopic (exact) mass is 271 g/mol. The van der Waals surface area contributed by atoms with Crippen LogP contribution in [0.3, 0.4) is 0 Å². The maximum Gasteiger partial charge on any atom is 0.244 e. The number of nitrogens with two attached hydrogens (primary N) is 1. The Morgan fingerprint density at radius 2 is 2.35 bits per heavy atom. The molecule has 20 heavy (non-hydrogen) atoms. The minimum Gasteiger partial charge on any atom is -0.448 e. The van der Waals surface area contributed by atoms with Crippen LogP contribution in [0.15, 0.2) is 41.3 Å². The van der Waals surface area contributed by atoms with Crippen LogP contribution >= 0.6 is 0 Å². The molecule has 0 saturated carbocycles. The van der Waals surface area contributed by atoms with Crippen molar-refractivity contribution in [3.8, 4) is 0 Å². The summed E-state index contributed by atoms with van der Waals surface area (Å²) in [5.41, 5.74) is 8.19. The summed E-state index contributed by atoms with van der Waals surface area (Å²) < 4.78 is 5.15. The van der Waals surface area contributed by atoms with Gasteiger partial charge in [-0.05, 0) is 25.0 Å². The number of carbonyl (C=O) groups excluding carboxylic acids is 1. The molecule has 2 N–H and O–H groups in total. The molecule has 1 aromatic heterocycles. The SMILES string of the molecule is CC1Cc2ccccc2N1C(=O)C(N)Cc1cnco1. The maximum absolute atomic E-state index is 12.6. The summed E-state index contributed by atoms with van der Waals surface area (Å²) in [6.07, 6.45) is 4.18. The highest BCUT2D eigenvalue weighted by Crippen LogP contribution is 2.32. The predicted octanol–water partition coefficient (Wildman–Crippen LogP) is 1.52. The molecule has 2 unspecified atom stereocenters. The van der Waals surface area contributed by atoms with E-state index in [1.54, 1.807) is 11.1 Å². The normalized spacial score (nSPS) is 18.9. The number of nitrogens with zero attached hydrogens (tertiary/aromatic N) is 2. The number of fused-ring (bicyclic) bond motifs is 1. The molecule has 1 aliphatic heterocycles. The van der Waals surface area contributed by atoms with E-state index in [1.165, 1.54) is 12.0 Å². The average molecular weight is 271 g/mol. The first kappa shape index (κ1) is 12.9. The second-order valence-corrected chi connectivity index (χ2v) is 5.17. The molecule has 3 rings (SSSR count). The lowest BCUT2D eigenvalue weighted by Crippen LogP contribution is -2.47. The third-order valence-corrected chi connectivity index (χ3v) is 3.67. The van der Waals surface area contributed by atoms with Gasteiger partial charge in [0, 0.05) is 18.2 Å². The Hall–Kier alpha value is -2.14. The highest BCUT2D eigenvalue weighted by atomic mass is 16.3. The molecule has 5 heteroatoms. The third-order valence-electron chi connectivity index (χ3n) is 3.67. The number of anilines is 1. The van der Waals surface area contributed by atoms with Gasteiger partial charge in [0.15, 0.2) is 6.39 Å². The molecular weight excluding hydrogens is 254 g/mol. The number of carbonyl (C=O) groups is 1. The molecular formula is C15H17N3O2. The average Bonchev–Trinajstić information content (AvgIpc) is 3.04. The standard InChI is InChI=1S/C15H17N3O2/c1-10-6-11-4-2-3-5-14(11)18(10)15(19)13(16)7-12-8-17-9-20-12/h2-5,8-10,13H,6-7,16H2,1H3. The fourth-order valence-electron chi connectivity index (χ4n) is 2.73. The number of aromatic nitrogens is 1. The third kappa shape index (κ3) is 2.20. The van der Waals surface area contributed by atoms with Crippen molar-refractivity contribution in [3.05, 3.63) is 48.2 Å². The summed E-state index contributed by atoms with van der Waals surface area (Å²) in [4.78, 5) is 18.2. The van der Waals surface area contributed by atoms with E-state index >= 15 is 0 Å². The molecule has 0 aliphatic carbocycles. The van der Waals surface area contributed by atoms with E-state index in [2.05, 4.69) is 11.1 Å². The van der Waals surface area contributed by atoms with E-state index in [0.29, 0.717) is 12.2 Å². The van der Waals surface area contributed by atoms with Gasteiger partial charge in [-0.3, -0.25) is 4.79 Å². The van der Waals surface area contributed by atoms with Crippen LogP contribution in [0.1, 0.15) is 18.2 Å². The lowest BCUT2D eigenvalue weighted by molar-refractivity contribution is -0.120. The van der Waals surface area contributed by atoms with Gasteiger partial charge in [-0.15, -0.1) is 0 Å². The number of para-hydroxylation sites is 1. The Morgan fingerprint density at radius 1 is 1.55 bits per heavy atom. The van der Waals surface area contributed by atoms with Gasteiger partial charge in [0.25, 0.3) is 0 Å². The fraction of sp³-hybridized carbons (Fsp3) is 0.333. The van der Waals surface area contributed by atoms with Crippen LogP contribution in [0.2, 0.25) is 0 Å². The lowest BCUT2D eigenvalue weighted by atomic mass is 10.1. The van der Waals surface area contributed by atoms with Crippen LogP contribution in [0.4, 0.5) is 5.69 Å². The first-order valence-corrected chi connectivity index (χ1v) is 6.70. The van der Waals surface area contributed by atoms with Crippen LogP contribution < -0.4 is 10.6 Å². The Kier molecular flexibility index (Phi) is 3.28. The van der Waals surface area contributed by atoms with Crippen LogP contribution in [0, 0.1) is 0 Å². The van der Waals surface area contributed by atoms with Crippen molar-refractivity contribution >= 4 is 11.6 Å². The van der Waals surface area contributed by atoms with Crippen molar-refractivity contribution in [3.63, 3.8) is 0 Å². The highest BCUT2D eigenvalue weighted by Gasteiger charge is 2.33. The summed E-state index contributed by atoms with van der Waals surface area (Å²) in [5.74, 6) is 0.560. The minimum atomic E-state index is -0.614.